The molecule has 266 valence electrons. The molecule has 2 saturated heterocycles. The SMILES string of the molecule is COc1cc(C(=O)N2CCC(CCN3CCC(N(Cc4ccncc4)c4nc5ccccc5[nH]4)CC3)(c3ccc(Cl)cc3)C2)cc(OC)c1OC. The highest BCUT2D eigenvalue weighted by Crippen LogP contribution is 2.42. The summed E-state index contributed by atoms with van der Waals surface area (Å²) in [4.78, 5) is 33.8. The summed E-state index contributed by atoms with van der Waals surface area (Å²) in [5.41, 5.74) is 4.77. The van der Waals surface area contributed by atoms with Crippen molar-refractivity contribution in [1.82, 2.24) is 24.8 Å². The second-order valence-electron chi connectivity index (χ2n) is 13.6. The molecular formula is C40H45ClN6O4. The fraction of sp³-hybridized carbons (Fsp3) is 0.375. The summed E-state index contributed by atoms with van der Waals surface area (Å²) in [5, 5.41) is 0.708. The summed E-state index contributed by atoms with van der Waals surface area (Å²) < 4.78 is 16.6. The third-order valence-corrected chi connectivity index (χ3v) is 10.9. The lowest BCUT2D eigenvalue weighted by atomic mass is 9.76. The minimum Gasteiger partial charge on any atom is -0.493 e. The highest BCUT2D eigenvalue weighted by atomic mass is 35.5. The monoisotopic (exact) mass is 708 g/mol. The molecule has 1 N–H and O–H groups in total. The molecule has 2 aromatic heterocycles. The molecule has 7 rings (SSSR count). The van der Waals surface area contributed by atoms with Crippen molar-refractivity contribution in [2.24, 2.45) is 0 Å². The minimum atomic E-state index is -0.195. The molecule has 2 aliphatic heterocycles. The van der Waals surface area contributed by atoms with Crippen LogP contribution in [0.15, 0.2) is 85.2 Å². The number of imidazole rings is 1. The number of amides is 1. The normalized spacial score (nSPS) is 18.2. The Morgan fingerprint density at radius 3 is 2.31 bits per heavy atom. The van der Waals surface area contributed by atoms with Gasteiger partial charge < -0.3 is 33.9 Å². The summed E-state index contributed by atoms with van der Waals surface area (Å²) in [6.07, 6.45) is 7.57. The number of nitrogens with zero attached hydrogens (tertiary/aromatic N) is 5. The number of anilines is 1. The van der Waals surface area contributed by atoms with Gasteiger partial charge in [-0.25, -0.2) is 4.98 Å². The molecule has 3 aromatic carbocycles. The Kier molecular flexibility index (Phi) is 10.3. The number of halogens is 1. The molecule has 2 aliphatic rings. The van der Waals surface area contributed by atoms with Crippen molar-refractivity contribution in [3.05, 3.63) is 107 Å². The molecule has 1 amide bonds. The van der Waals surface area contributed by atoms with Crippen molar-refractivity contribution < 1.29 is 19.0 Å². The maximum absolute atomic E-state index is 14.0. The van der Waals surface area contributed by atoms with E-state index in [0.29, 0.717) is 47.0 Å². The van der Waals surface area contributed by atoms with Gasteiger partial charge in [0.05, 0.1) is 32.4 Å². The molecular weight excluding hydrogens is 664 g/mol. The maximum Gasteiger partial charge on any atom is 0.254 e. The lowest BCUT2D eigenvalue weighted by Gasteiger charge is -2.40. The van der Waals surface area contributed by atoms with E-state index in [9.17, 15) is 4.79 Å². The molecule has 2 fully saturated rings. The Bertz CT molecular complexity index is 1890. The molecule has 0 aliphatic carbocycles. The number of hydrogen-bond acceptors (Lipinski definition) is 8. The van der Waals surface area contributed by atoms with Crippen LogP contribution >= 0.6 is 11.6 Å². The number of rotatable bonds is 12. The zero-order valence-corrected chi connectivity index (χ0v) is 30.2. The van der Waals surface area contributed by atoms with Gasteiger partial charge >= 0.3 is 0 Å². The Hall–Kier alpha value is -4.80. The van der Waals surface area contributed by atoms with Gasteiger partial charge in [-0.2, -0.15) is 0 Å². The predicted octanol–water partition coefficient (Wildman–Crippen LogP) is 6.98. The number of hydrogen-bond donors (Lipinski definition) is 1. The van der Waals surface area contributed by atoms with Crippen LogP contribution in [0.2, 0.25) is 5.02 Å². The van der Waals surface area contributed by atoms with E-state index < -0.39 is 0 Å². The van der Waals surface area contributed by atoms with Crippen molar-refractivity contribution in [3.8, 4) is 17.2 Å². The van der Waals surface area contributed by atoms with Crippen molar-refractivity contribution in [2.75, 3.05) is 59.0 Å². The molecule has 5 aromatic rings. The standard InChI is InChI=1S/C40H45ClN6O4/c1-49-35-24-29(25-36(50-2)37(35)51-3)38(48)46-23-17-40(27-46,30-8-10-31(41)11-9-30)16-22-45-20-14-32(15-21-45)47(26-28-12-18-42-19-13-28)39-43-33-6-4-5-7-34(33)44-39/h4-13,18-19,24-25,32H,14-17,20-23,26-27H2,1-3H3,(H,43,44). The van der Waals surface area contributed by atoms with Gasteiger partial charge in [-0.05, 0) is 91.9 Å². The number of pyridine rings is 1. The Labute approximate surface area is 304 Å². The van der Waals surface area contributed by atoms with Gasteiger partial charge in [0.1, 0.15) is 0 Å². The third-order valence-electron chi connectivity index (χ3n) is 10.7. The predicted molar refractivity (Wildman–Crippen MR) is 200 cm³/mol. The van der Waals surface area contributed by atoms with E-state index in [-0.39, 0.29) is 11.3 Å². The quantitative estimate of drug-likeness (QED) is 0.148. The van der Waals surface area contributed by atoms with Crippen molar-refractivity contribution >= 4 is 34.5 Å². The number of para-hydroxylation sites is 2. The zero-order chi connectivity index (χ0) is 35.4. The number of nitrogens with one attached hydrogen (secondary N) is 1. The van der Waals surface area contributed by atoms with Crippen LogP contribution in [0.5, 0.6) is 17.2 Å². The third kappa shape index (κ3) is 7.34. The van der Waals surface area contributed by atoms with Crippen LogP contribution in [-0.2, 0) is 12.0 Å². The number of aromatic amines is 1. The fourth-order valence-corrected chi connectivity index (χ4v) is 7.91. The minimum absolute atomic E-state index is 0.0502. The van der Waals surface area contributed by atoms with Crippen LogP contribution in [0.1, 0.15) is 47.2 Å². The first-order valence-electron chi connectivity index (χ1n) is 17.6. The number of benzene rings is 3. The Balaban J connectivity index is 1.06. The summed E-state index contributed by atoms with van der Waals surface area (Å²) in [6.45, 7) is 4.96. The number of likely N-dealkylation sites (tertiary alicyclic amines) is 2. The topological polar surface area (TPSA) is 96.1 Å². The van der Waals surface area contributed by atoms with Gasteiger partial charge in [-0.1, -0.05) is 35.9 Å². The molecule has 4 heterocycles. The van der Waals surface area contributed by atoms with Crippen LogP contribution in [-0.4, -0.2) is 90.8 Å². The first-order chi connectivity index (χ1) is 24.9. The number of carbonyl (C=O) groups excluding carboxylic acids is 1. The molecule has 0 bridgehead atoms. The smallest absolute Gasteiger partial charge is 0.254 e. The zero-order valence-electron chi connectivity index (χ0n) is 29.5. The number of piperidine rings is 1. The van der Waals surface area contributed by atoms with E-state index in [1.165, 1.54) is 11.1 Å². The summed E-state index contributed by atoms with van der Waals surface area (Å²) in [7, 11) is 4.69. The van der Waals surface area contributed by atoms with E-state index in [4.69, 9.17) is 30.8 Å². The van der Waals surface area contributed by atoms with Gasteiger partial charge in [0.25, 0.3) is 5.91 Å². The molecule has 10 nitrogen and oxygen atoms in total. The molecule has 0 saturated carbocycles. The van der Waals surface area contributed by atoms with E-state index in [1.807, 2.05) is 41.6 Å². The van der Waals surface area contributed by atoms with Gasteiger partial charge in [0, 0.05) is 67.2 Å². The Morgan fingerprint density at radius 1 is 0.941 bits per heavy atom. The summed E-state index contributed by atoms with van der Waals surface area (Å²) in [5.74, 6) is 2.26. The Morgan fingerprint density at radius 2 is 1.65 bits per heavy atom. The van der Waals surface area contributed by atoms with Crippen molar-refractivity contribution in [2.45, 2.75) is 43.7 Å². The number of ether oxygens (including phenoxy) is 3. The summed E-state index contributed by atoms with van der Waals surface area (Å²) in [6, 6.07) is 24.4. The first-order valence-corrected chi connectivity index (χ1v) is 18.0. The second-order valence-corrected chi connectivity index (χ2v) is 14.0. The number of fused-ring (bicyclic) bond motifs is 1. The molecule has 0 radical (unpaired) electrons. The number of aromatic nitrogens is 3. The molecule has 1 atom stereocenters. The van der Waals surface area contributed by atoms with E-state index >= 15 is 0 Å². The first kappa shape index (κ1) is 34.6. The van der Waals surface area contributed by atoms with Crippen LogP contribution in [0.25, 0.3) is 11.0 Å². The van der Waals surface area contributed by atoms with Crippen molar-refractivity contribution in [3.63, 3.8) is 0 Å². The van der Waals surface area contributed by atoms with Crippen molar-refractivity contribution in [1.29, 1.82) is 0 Å². The van der Waals surface area contributed by atoms with Gasteiger partial charge in [0.2, 0.25) is 11.7 Å². The van der Waals surface area contributed by atoms with E-state index in [1.54, 1.807) is 33.5 Å². The molecule has 51 heavy (non-hydrogen) atoms. The molecule has 11 heteroatoms. The van der Waals surface area contributed by atoms with Crippen LogP contribution in [0.4, 0.5) is 5.95 Å². The lowest BCUT2D eigenvalue weighted by Crippen LogP contribution is -2.46. The lowest BCUT2D eigenvalue weighted by molar-refractivity contribution is 0.0779. The largest absolute Gasteiger partial charge is 0.493 e. The van der Waals surface area contributed by atoms with E-state index in [0.717, 1.165) is 68.8 Å². The average molecular weight is 709 g/mol. The maximum atomic E-state index is 14.0. The number of carbonyl (C=O) groups is 1. The van der Waals surface area contributed by atoms with Crippen LogP contribution < -0.4 is 19.1 Å². The number of H-pyrrole nitrogens is 1. The van der Waals surface area contributed by atoms with Gasteiger partial charge in [-0.15, -0.1) is 0 Å². The highest BCUT2D eigenvalue weighted by molar-refractivity contribution is 6.30. The van der Waals surface area contributed by atoms with E-state index in [2.05, 4.69) is 56.2 Å². The number of methoxy groups -OCH3 is 3. The second kappa shape index (κ2) is 15.2. The van der Waals surface area contributed by atoms with Gasteiger partial charge in [0.15, 0.2) is 11.5 Å². The van der Waals surface area contributed by atoms with Crippen LogP contribution in [0.3, 0.4) is 0 Å². The molecule has 1 unspecified atom stereocenters. The van der Waals surface area contributed by atoms with Gasteiger partial charge in [-0.3, -0.25) is 9.78 Å². The summed E-state index contributed by atoms with van der Waals surface area (Å²) >= 11 is 6.34. The average Bonchev–Trinajstić information content (AvgIpc) is 3.82. The highest BCUT2D eigenvalue weighted by Gasteiger charge is 2.42. The molecule has 0 spiro atoms. The fourth-order valence-electron chi connectivity index (χ4n) is 7.78. The van der Waals surface area contributed by atoms with Crippen LogP contribution in [0, 0.1) is 0 Å².